The molecule has 1 heterocycles. The number of benzene rings is 1. The highest BCUT2D eigenvalue weighted by Crippen LogP contribution is 2.24. The number of halogens is 2. The Hall–Kier alpha value is -1.98. The van der Waals surface area contributed by atoms with E-state index < -0.39 is 6.09 Å². The van der Waals surface area contributed by atoms with E-state index >= 15 is 0 Å². The molecule has 0 bridgehead atoms. The van der Waals surface area contributed by atoms with Gasteiger partial charge in [0.2, 0.25) is 0 Å². The van der Waals surface area contributed by atoms with Gasteiger partial charge in [0.1, 0.15) is 5.82 Å². The summed E-state index contributed by atoms with van der Waals surface area (Å²) in [5.74, 6) is 0.596. The maximum Gasteiger partial charge on any atom is 0.411 e. The highest BCUT2D eigenvalue weighted by molar-refractivity contribution is 6.35. The second kappa shape index (κ2) is 6.45. The highest BCUT2D eigenvalue weighted by atomic mass is 35.5. The average molecular weight is 312 g/mol. The van der Waals surface area contributed by atoms with E-state index in [4.69, 9.17) is 23.2 Å². The van der Waals surface area contributed by atoms with Crippen molar-refractivity contribution < 1.29 is 9.53 Å². The van der Waals surface area contributed by atoms with Gasteiger partial charge in [-0.25, -0.2) is 9.78 Å². The average Bonchev–Trinajstić information content (AvgIpc) is 2.39. The molecule has 0 unspecified atom stereocenters. The fraction of sp³-hybridized carbons (Fsp3) is 0.0769. The molecule has 0 saturated carbocycles. The highest BCUT2D eigenvalue weighted by Gasteiger charge is 2.03. The Kier molecular flexibility index (Phi) is 4.65. The minimum Gasteiger partial charge on any atom is -0.453 e. The number of aromatic nitrogens is 1. The molecule has 20 heavy (non-hydrogen) atoms. The first-order valence-electron chi connectivity index (χ1n) is 5.61. The second-order valence-electron chi connectivity index (χ2n) is 3.83. The minimum absolute atomic E-state index is 0.531. The van der Waals surface area contributed by atoms with Gasteiger partial charge in [0.05, 0.1) is 19.0 Å². The third kappa shape index (κ3) is 4.01. The monoisotopic (exact) mass is 311 g/mol. The molecule has 1 amide bonds. The molecule has 2 rings (SSSR count). The predicted molar refractivity (Wildman–Crippen MR) is 80.0 cm³/mol. The third-order valence-electron chi connectivity index (χ3n) is 2.33. The number of pyridine rings is 1. The number of nitrogens with one attached hydrogen (secondary N) is 2. The van der Waals surface area contributed by atoms with Crippen LogP contribution in [0, 0.1) is 0 Å². The summed E-state index contributed by atoms with van der Waals surface area (Å²) in [6.07, 6.45) is 0.958. The predicted octanol–water partition coefficient (Wildman–Crippen LogP) is 4.31. The van der Waals surface area contributed by atoms with Crippen molar-refractivity contribution in [3.63, 3.8) is 0 Å². The van der Waals surface area contributed by atoms with E-state index in [2.05, 4.69) is 20.4 Å². The van der Waals surface area contributed by atoms with Gasteiger partial charge in [-0.2, -0.15) is 0 Å². The fourth-order valence-electron chi connectivity index (χ4n) is 1.48. The maximum absolute atomic E-state index is 11.0. The van der Waals surface area contributed by atoms with Gasteiger partial charge >= 0.3 is 6.09 Å². The number of hydrogen-bond donors (Lipinski definition) is 2. The number of rotatable bonds is 3. The topological polar surface area (TPSA) is 63.2 Å². The first-order chi connectivity index (χ1) is 9.56. The first kappa shape index (κ1) is 14.4. The standard InChI is InChI=1S/C13H11Cl2N3O2/c1-20-13(19)18-10-2-3-12(16-7-10)17-11-5-8(14)4-9(15)6-11/h2-7H,1H3,(H,16,17)(H,18,19). The smallest absolute Gasteiger partial charge is 0.411 e. The summed E-state index contributed by atoms with van der Waals surface area (Å²) in [5, 5.41) is 6.63. The molecular weight excluding hydrogens is 301 g/mol. The minimum atomic E-state index is -0.547. The number of anilines is 3. The summed E-state index contributed by atoms with van der Waals surface area (Å²) in [6.45, 7) is 0. The van der Waals surface area contributed by atoms with Crippen LogP contribution in [0.25, 0.3) is 0 Å². The zero-order chi connectivity index (χ0) is 14.5. The number of carbonyl (C=O) groups excluding carboxylic acids is 1. The van der Waals surface area contributed by atoms with Crippen LogP contribution in [-0.4, -0.2) is 18.2 Å². The molecule has 5 nitrogen and oxygen atoms in total. The van der Waals surface area contributed by atoms with Gasteiger partial charge in [0.25, 0.3) is 0 Å². The quantitative estimate of drug-likeness (QED) is 0.886. The third-order valence-corrected chi connectivity index (χ3v) is 2.77. The number of amides is 1. The lowest BCUT2D eigenvalue weighted by molar-refractivity contribution is 0.187. The molecule has 2 aromatic rings. The van der Waals surface area contributed by atoms with Crippen molar-refractivity contribution in [2.45, 2.75) is 0 Å². The van der Waals surface area contributed by atoms with Crippen LogP contribution in [0.15, 0.2) is 36.5 Å². The summed E-state index contributed by atoms with van der Waals surface area (Å²) in [6, 6.07) is 8.51. The molecule has 1 aromatic heterocycles. The van der Waals surface area contributed by atoms with Crippen LogP contribution in [0.2, 0.25) is 10.0 Å². The largest absolute Gasteiger partial charge is 0.453 e. The van der Waals surface area contributed by atoms with Gasteiger partial charge in [-0.05, 0) is 30.3 Å². The van der Waals surface area contributed by atoms with Gasteiger partial charge in [0, 0.05) is 15.7 Å². The van der Waals surface area contributed by atoms with Gasteiger partial charge in [-0.3, -0.25) is 5.32 Å². The number of methoxy groups -OCH3 is 1. The van der Waals surface area contributed by atoms with Crippen molar-refractivity contribution in [2.75, 3.05) is 17.7 Å². The van der Waals surface area contributed by atoms with E-state index in [0.717, 1.165) is 5.69 Å². The number of nitrogens with zero attached hydrogens (tertiary/aromatic N) is 1. The van der Waals surface area contributed by atoms with E-state index in [0.29, 0.717) is 21.6 Å². The van der Waals surface area contributed by atoms with Crippen molar-refractivity contribution in [2.24, 2.45) is 0 Å². The van der Waals surface area contributed by atoms with Crippen LogP contribution in [0.3, 0.4) is 0 Å². The molecule has 0 atom stereocenters. The molecule has 0 fully saturated rings. The van der Waals surface area contributed by atoms with Crippen LogP contribution in [0.5, 0.6) is 0 Å². The lowest BCUT2D eigenvalue weighted by atomic mass is 10.3. The molecule has 1 aromatic carbocycles. The molecule has 0 aliphatic rings. The SMILES string of the molecule is COC(=O)Nc1ccc(Nc2cc(Cl)cc(Cl)c2)nc1. The zero-order valence-corrected chi connectivity index (χ0v) is 12.0. The van der Waals surface area contributed by atoms with E-state index in [1.165, 1.54) is 13.3 Å². The molecule has 0 spiro atoms. The summed E-state index contributed by atoms with van der Waals surface area (Å²) < 4.78 is 4.48. The maximum atomic E-state index is 11.0. The van der Waals surface area contributed by atoms with Crippen LogP contribution in [0.1, 0.15) is 0 Å². The Balaban J connectivity index is 2.08. The number of ether oxygens (including phenoxy) is 1. The Morgan fingerprint density at radius 2 is 1.85 bits per heavy atom. The number of carbonyl (C=O) groups is 1. The Morgan fingerprint density at radius 3 is 2.40 bits per heavy atom. The van der Waals surface area contributed by atoms with E-state index in [1.54, 1.807) is 30.3 Å². The lowest BCUT2D eigenvalue weighted by Crippen LogP contribution is -2.11. The summed E-state index contributed by atoms with van der Waals surface area (Å²) in [5.41, 5.74) is 1.26. The van der Waals surface area contributed by atoms with Crippen molar-refractivity contribution in [3.8, 4) is 0 Å². The molecule has 2 N–H and O–H groups in total. The van der Waals surface area contributed by atoms with E-state index in [-0.39, 0.29) is 0 Å². The Bertz CT molecular complexity index is 597. The van der Waals surface area contributed by atoms with E-state index in [1.807, 2.05) is 0 Å². The van der Waals surface area contributed by atoms with Crippen molar-refractivity contribution >= 4 is 46.5 Å². The molecule has 0 saturated heterocycles. The van der Waals surface area contributed by atoms with Gasteiger partial charge in [-0.1, -0.05) is 23.2 Å². The van der Waals surface area contributed by atoms with Gasteiger partial charge in [0.15, 0.2) is 0 Å². The molecule has 7 heteroatoms. The molecular formula is C13H11Cl2N3O2. The number of hydrogen-bond acceptors (Lipinski definition) is 4. The molecule has 0 aliphatic carbocycles. The summed E-state index contributed by atoms with van der Waals surface area (Å²) in [4.78, 5) is 15.2. The molecule has 0 aliphatic heterocycles. The fourth-order valence-corrected chi connectivity index (χ4v) is 2.01. The first-order valence-corrected chi connectivity index (χ1v) is 6.36. The van der Waals surface area contributed by atoms with Crippen LogP contribution in [-0.2, 0) is 4.74 Å². The summed E-state index contributed by atoms with van der Waals surface area (Å²) >= 11 is 11.8. The van der Waals surface area contributed by atoms with Gasteiger partial charge in [-0.15, -0.1) is 0 Å². The van der Waals surface area contributed by atoms with E-state index in [9.17, 15) is 4.79 Å². The lowest BCUT2D eigenvalue weighted by Gasteiger charge is -2.08. The molecule has 104 valence electrons. The van der Waals surface area contributed by atoms with Crippen molar-refractivity contribution in [1.29, 1.82) is 0 Å². The van der Waals surface area contributed by atoms with Crippen molar-refractivity contribution in [1.82, 2.24) is 4.98 Å². The summed E-state index contributed by atoms with van der Waals surface area (Å²) in [7, 11) is 1.29. The Labute approximate surface area is 125 Å². The van der Waals surface area contributed by atoms with Crippen LogP contribution in [0.4, 0.5) is 22.0 Å². The zero-order valence-electron chi connectivity index (χ0n) is 10.5. The van der Waals surface area contributed by atoms with Gasteiger partial charge < -0.3 is 10.1 Å². The van der Waals surface area contributed by atoms with Crippen LogP contribution < -0.4 is 10.6 Å². The normalized spacial score (nSPS) is 9.95. The Morgan fingerprint density at radius 1 is 1.15 bits per heavy atom. The van der Waals surface area contributed by atoms with Crippen molar-refractivity contribution in [3.05, 3.63) is 46.6 Å². The second-order valence-corrected chi connectivity index (χ2v) is 4.70. The van der Waals surface area contributed by atoms with Crippen LogP contribution >= 0.6 is 23.2 Å². The molecule has 0 radical (unpaired) electrons.